The molecule has 0 saturated carbocycles. The van der Waals surface area contributed by atoms with Crippen molar-refractivity contribution in [2.45, 2.75) is 0 Å². The summed E-state index contributed by atoms with van der Waals surface area (Å²) in [4.78, 5) is 8.30. The minimum absolute atomic E-state index is 0.526. The SMILES string of the molecule is Nc1ccc2nc(Oc3cncc(Cl)c3)sc2c1. The number of rotatable bonds is 2. The van der Waals surface area contributed by atoms with Gasteiger partial charge < -0.3 is 10.5 Å². The first-order valence-electron chi connectivity index (χ1n) is 5.15. The first-order valence-corrected chi connectivity index (χ1v) is 6.34. The Hall–Kier alpha value is -1.85. The van der Waals surface area contributed by atoms with Crippen molar-refractivity contribution >= 4 is 38.8 Å². The van der Waals surface area contributed by atoms with Crippen molar-refractivity contribution in [1.29, 1.82) is 0 Å². The van der Waals surface area contributed by atoms with E-state index in [1.807, 2.05) is 18.2 Å². The molecule has 0 bridgehead atoms. The molecule has 6 heteroatoms. The van der Waals surface area contributed by atoms with Crippen molar-refractivity contribution < 1.29 is 4.74 Å². The average Bonchev–Trinajstić information content (AvgIpc) is 2.70. The van der Waals surface area contributed by atoms with Crippen LogP contribution in [0.4, 0.5) is 5.69 Å². The second-order valence-electron chi connectivity index (χ2n) is 3.65. The number of anilines is 1. The van der Waals surface area contributed by atoms with Crippen LogP contribution in [0, 0.1) is 0 Å². The Bertz CT molecular complexity index is 713. The fourth-order valence-electron chi connectivity index (χ4n) is 1.51. The predicted molar refractivity (Wildman–Crippen MR) is 73.4 cm³/mol. The molecule has 0 radical (unpaired) electrons. The van der Waals surface area contributed by atoms with Crippen LogP contribution in [0.5, 0.6) is 10.9 Å². The van der Waals surface area contributed by atoms with Gasteiger partial charge in [0.15, 0.2) is 0 Å². The second-order valence-corrected chi connectivity index (χ2v) is 5.08. The number of thiazole rings is 1. The highest BCUT2D eigenvalue weighted by atomic mass is 35.5. The van der Waals surface area contributed by atoms with Gasteiger partial charge in [-0.25, -0.2) is 4.98 Å². The number of hydrogen-bond donors (Lipinski definition) is 1. The molecule has 90 valence electrons. The molecule has 1 aromatic carbocycles. The van der Waals surface area contributed by atoms with E-state index < -0.39 is 0 Å². The van der Waals surface area contributed by atoms with E-state index in [1.165, 1.54) is 11.3 Å². The largest absolute Gasteiger partial charge is 0.429 e. The quantitative estimate of drug-likeness (QED) is 0.725. The Morgan fingerprint density at radius 1 is 1.22 bits per heavy atom. The average molecular weight is 278 g/mol. The summed E-state index contributed by atoms with van der Waals surface area (Å²) in [5, 5.41) is 1.07. The third kappa shape index (κ3) is 2.23. The molecule has 3 rings (SSSR count). The number of nitrogen functional groups attached to an aromatic ring is 1. The first kappa shape index (κ1) is 11.3. The molecule has 0 fully saturated rings. The summed E-state index contributed by atoms with van der Waals surface area (Å²) in [6.07, 6.45) is 3.14. The molecule has 2 N–H and O–H groups in total. The van der Waals surface area contributed by atoms with E-state index in [4.69, 9.17) is 22.1 Å². The molecule has 0 aliphatic heterocycles. The van der Waals surface area contributed by atoms with Gasteiger partial charge >= 0.3 is 0 Å². The zero-order chi connectivity index (χ0) is 12.5. The van der Waals surface area contributed by atoms with E-state index in [9.17, 15) is 0 Å². The molecular formula is C12H8ClN3OS. The smallest absolute Gasteiger partial charge is 0.279 e. The summed E-state index contributed by atoms with van der Waals surface area (Å²) in [5.74, 6) is 0.564. The van der Waals surface area contributed by atoms with Crippen molar-refractivity contribution in [2.75, 3.05) is 5.73 Å². The summed E-state index contributed by atoms with van der Waals surface area (Å²) in [6.45, 7) is 0. The number of ether oxygens (including phenoxy) is 1. The molecule has 0 aliphatic rings. The molecule has 2 aromatic heterocycles. The molecule has 0 saturated heterocycles. The van der Waals surface area contributed by atoms with Gasteiger partial charge in [-0.3, -0.25) is 4.98 Å². The first-order chi connectivity index (χ1) is 8.70. The van der Waals surface area contributed by atoms with Gasteiger partial charge in [-0.2, -0.15) is 0 Å². The number of fused-ring (bicyclic) bond motifs is 1. The van der Waals surface area contributed by atoms with Gasteiger partial charge in [0.05, 0.1) is 21.4 Å². The Labute approximate surface area is 112 Å². The number of halogens is 1. The molecular weight excluding hydrogens is 270 g/mol. The van der Waals surface area contributed by atoms with Gasteiger partial charge in [-0.05, 0) is 18.2 Å². The van der Waals surface area contributed by atoms with Gasteiger partial charge in [-0.1, -0.05) is 22.9 Å². The van der Waals surface area contributed by atoms with E-state index >= 15 is 0 Å². The maximum absolute atomic E-state index is 5.83. The van der Waals surface area contributed by atoms with Crippen molar-refractivity contribution in [2.24, 2.45) is 0 Å². The number of aromatic nitrogens is 2. The molecule has 0 spiro atoms. The summed E-state index contributed by atoms with van der Waals surface area (Å²) in [6, 6.07) is 7.24. The summed E-state index contributed by atoms with van der Waals surface area (Å²) in [7, 11) is 0. The van der Waals surface area contributed by atoms with Crippen LogP contribution >= 0.6 is 22.9 Å². The zero-order valence-corrected chi connectivity index (χ0v) is 10.7. The minimum atomic E-state index is 0.526. The molecule has 18 heavy (non-hydrogen) atoms. The number of nitrogens with two attached hydrogens (primary N) is 1. The van der Waals surface area contributed by atoms with Crippen LogP contribution < -0.4 is 10.5 Å². The van der Waals surface area contributed by atoms with Crippen LogP contribution in [0.2, 0.25) is 5.02 Å². The third-order valence-corrected chi connectivity index (χ3v) is 3.38. The highest BCUT2D eigenvalue weighted by Crippen LogP contribution is 2.32. The summed E-state index contributed by atoms with van der Waals surface area (Å²) < 4.78 is 6.59. The van der Waals surface area contributed by atoms with Gasteiger partial charge in [0, 0.05) is 18.0 Å². The van der Waals surface area contributed by atoms with Gasteiger partial charge in [0.25, 0.3) is 5.19 Å². The zero-order valence-electron chi connectivity index (χ0n) is 9.13. The van der Waals surface area contributed by atoms with Crippen molar-refractivity contribution in [1.82, 2.24) is 9.97 Å². The predicted octanol–water partition coefficient (Wildman–Crippen LogP) is 3.72. The maximum Gasteiger partial charge on any atom is 0.279 e. The van der Waals surface area contributed by atoms with Crippen LogP contribution in [0.25, 0.3) is 10.2 Å². The van der Waals surface area contributed by atoms with Gasteiger partial charge in [0.2, 0.25) is 0 Å². The van der Waals surface area contributed by atoms with Crippen LogP contribution in [0.1, 0.15) is 0 Å². The Kier molecular flexibility index (Phi) is 2.77. The third-order valence-electron chi connectivity index (χ3n) is 2.28. The van der Waals surface area contributed by atoms with Crippen LogP contribution in [0.15, 0.2) is 36.7 Å². The summed E-state index contributed by atoms with van der Waals surface area (Å²) >= 11 is 7.26. The fourth-order valence-corrected chi connectivity index (χ4v) is 2.56. The minimum Gasteiger partial charge on any atom is -0.429 e. The molecule has 0 atom stereocenters. The standard InChI is InChI=1S/C12H8ClN3OS/c13-7-3-9(6-15-5-7)17-12-16-10-2-1-8(14)4-11(10)18-12/h1-6H,14H2. The molecule has 0 amide bonds. The van der Waals surface area contributed by atoms with Crippen LogP contribution in [-0.2, 0) is 0 Å². The summed E-state index contributed by atoms with van der Waals surface area (Å²) in [5.41, 5.74) is 7.29. The maximum atomic E-state index is 5.83. The van der Waals surface area contributed by atoms with E-state index in [0.717, 1.165) is 10.2 Å². The number of pyridine rings is 1. The van der Waals surface area contributed by atoms with Gasteiger partial charge in [0.1, 0.15) is 5.75 Å². The Morgan fingerprint density at radius 3 is 2.94 bits per heavy atom. The van der Waals surface area contributed by atoms with Crippen molar-refractivity contribution in [3.63, 3.8) is 0 Å². The normalized spacial score (nSPS) is 10.7. The monoisotopic (exact) mass is 277 g/mol. The lowest BCUT2D eigenvalue weighted by Crippen LogP contribution is -1.84. The van der Waals surface area contributed by atoms with E-state index in [1.54, 1.807) is 18.5 Å². The van der Waals surface area contributed by atoms with Crippen LogP contribution in [-0.4, -0.2) is 9.97 Å². The van der Waals surface area contributed by atoms with Gasteiger partial charge in [-0.15, -0.1) is 0 Å². The Morgan fingerprint density at radius 2 is 2.11 bits per heavy atom. The molecule has 2 heterocycles. The van der Waals surface area contributed by atoms with Crippen molar-refractivity contribution in [3.05, 3.63) is 41.7 Å². The molecule has 4 nitrogen and oxygen atoms in total. The van der Waals surface area contributed by atoms with E-state index in [2.05, 4.69) is 9.97 Å². The lowest BCUT2D eigenvalue weighted by atomic mass is 10.3. The Balaban J connectivity index is 1.95. The van der Waals surface area contributed by atoms with Crippen LogP contribution in [0.3, 0.4) is 0 Å². The molecule has 3 aromatic rings. The lowest BCUT2D eigenvalue weighted by molar-refractivity contribution is 0.478. The van der Waals surface area contributed by atoms with Crippen molar-refractivity contribution in [3.8, 4) is 10.9 Å². The lowest BCUT2D eigenvalue weighted by Gasteiger charge is -1.99. The molecule has 0 aliphatic carbocycles. The number of nitrogens with zero attached hydrogens (tertiary/aromatic N) is 2. The number of benzene rings is 1. The van der Waals surface area contributed by atoms with E-state index in [-0.39, 0.29) is 0 Å². The second kappa shape index (κ2) is 4.44. The fraction of sp³-hybridized carbons (Fsp3) is 0. The topological polar surface area (TPSA) is 61.0 Å². The molecule has 0 unspecified atom stereocenters. The number of hydrogen-bond acceptors (Lipinski definition) is 5. The highest BCUT2D eigenvalue weighted by Gasteiger charge is 2.06. The highest BCUT2D eigenvalue weighted by molar-refractivity contribution is 7.20. The van der Waals surface area contributed by atoms with E-state index in [0.29, 0.717) is 21.7 Å².